The van der Waals surface area contributed by atoms with Crippen LogP contribution in [0, 0.1) is 5.82 Å². The first kappa shape index (κ1) is 14.4. The van der Waals surface area contributed by atoms with Gasteiger partial charge in [0.15, 0.2) is 5.82 Å². The van der Waals surface area contributed by atoms with E-state index in [1.807, 2.05) is 0 Å². The molecule has 0 bridgehead atoms. The van der Waals surface area contributed by atoms with Crippen LogP contribution >= 0.6 is 11.6 Å². The summed E-state index contributed by atoms with van der Waals surface area (Å²) in [6.07, 6.45) is 0.563. The van der Waals surface area contributed by atoms with E-state index in [1.54, 1.807) is 0 Å². The summed E-state index contributed by atoms with van der Waals surface area (Å²) < 4.78 is 40.0. The molecule has 0 amide bonds. The quantitative estimate of drug-likeness (QED) is 0.911. The molecule has 2 aromatic rings. The molecule has 1 N–H and O–H groups in total. The second-order valence-corrected chi connectivity index (χ2v) is 7.04. The molecular weight excluding hydrogens is 321 g/mol. The molecule has 0 saturated carbocycles. The molecule has 1 aliphatic heterocycles. The molecule has 2 heterocycles. The lowest BCUT2D eigenvalue weighted by Crippen LogP contribution is -2.29. The van der Waals surface area contributed by atoms with Crippen LogP contribution in [0.2, 0.25) is 5.02 Å². The predicted octanol–water partition coefficient (Wildman–Crippen LogP) is 1.17. The molecule has 112 valence electrons. The van der Waals surface area contributed by atoms with Crippen molar-refractivity contribution in [3.05, 3.63) is 34.9 Å². The monoisotopic (exact) mass is 331 g/mol. The molecule has 7 nitrogen and oxygen atoms in total. The van der Waals surface area contributed by atoms with Crippen LogP contribution < -0.4 is 0 Å². The Bertz CT molecular complexity index is 752. The first-order chi connectivity index (χ1) is 9.98. The highest BCUT2D eigenvalue weighted by atomic mass is 35.5. The molecule has 0 radical (unpaired) electrons. The molecule has 0 spiro atoms. The molecule has 10 heteroatoms. The van der Waals surface area contributed by atoms with Crippen LogP contribution in [0.3, 0.4) is 0 Å². The van der Waals surface area contributed by atoms with Crippen LogP contribution in [0.4, 0.5) is 4.39 Å². The van der Waals surface area contributed by atoms with Crippen molar-refractivity contribution in [1.82, 2.24) is 24.9 Å². The highest BCUT2D eigenvalue weighted by Crippen LogP contribution is 2.30. The minimum atomic E-state index is -3.90. The van der Waals surface area contributed by atoms with Crippen LogP contribution in [0.5, 0.6) is 0 Å². The molecule has 1 saturated heterocycles. The summed E-state index contributed by atoms with van der Waals surface area (Å²) >= 11 is 5.64. The minimum Gasteiger partial charge on any atom is -0.207 e. The normalized spacial score (nSPS) is 20.0. The van der Waals surface area contributed by atoms with Gasteiger partial charge in [-0.05, 0) is 24.6 Å². The van der Waals surface area contributed by atoms with Crippen molar-refractivity contribution >= 4 is 21.6 Å². The van der Waals surface area contributed by atoms with Crippen molar-refractivity contribution < 1.29 is 12.8 Å². The minimum absolute atomic E-state index is 0.145. The number of hydrogen-bond acceptors (Lipinski definition) is 5. The van der Waals surface area contributed by atoms with Gasteiger partial charge in [0.05, 0.1) is 0 Å². The van der Waals surface area contributed by atoms with Gasteiger partial charge in [-0.15, -0.1) is 10.2 Å². The smallest absolute Gasteiger partial charge is 0.207 e. The number of hydrogen-bond donors (Lipinski definition) is 1. The van der Waals surface area contributed by atoms with Gasteiger partial charge in [-0.25, -0.2) is 12.8 Å². The van der Waals surface area contributed by atoms with Gasteiger partial charge in [0.1, 0.15) is 10.7 Å². The number of H-pyrrole nitrogens is 1. The molecule has 1 unspecified atom stereocenters. The van der Waals surface area contributed by atoms with Crippen molar-refractivity contribution in [3.8, 4) is 0 Å². The Morgan fingerprint density at radius 2 is 2.24 bits per heavy atom. The van der Waals surface area contributed by atoms with Crippen molar-refractivity contribution in [2.45, 2.75) is 17.2 Å². The molecule has 3 rings (SSSR count). The van der Waals surface area contributed by atoms with Crippen LogP contribution in [-0.2, 0) is 10.0 Å². The topological polar surface area (TPSA) is 91.8 Å². The fourth-order valence-corrected chi connectivity index (χ4v) is 4.03. The molecule has 1 aliphatic rings. The van der Waals surface area contributed by atoms with Gasteiger partial charge in [-0.3, -0.25) is 0 Å². The van der Waals surface area contributed by atoms with Crippen molar-refractivity contribution in [1.29, 1.82) is 0 Å². The number of nitrogens with one attached hydrogen (secondary N) is 1. The fraction of sp³-hybridized carbons (Fsp3) is 0.364. The lowest BCUT2D eigenvalue weighted by atomic mass is 10.1. The Morgan fingerprint density at radius 1 is 1.43 bits per heavy atom. The van der Waals surface area contributed by atoms with E-state index in [1.165, 1.54) is 16.4 Å². The summed E-state index contributed by atoms with van der Waals surface area (Å²) in [5, 5.41) is 13.7. The number of aromatic amines is 1. The number of rotatable bonds is 3. The second kappa shape index (κ2) is 5.32. The van der Waals surface area contributed by atoms with E-state index < -0.39 is 15.8 Å². The Balaban J connectivity index is 1.86. The van der Waals surface area contributed by atoms with Crippen LogP contribution in [0.15, 0.2) is 23.1 Å². The maximum absolute atomic E-state index is 13.8. The van der Waals surface area contributed by atoms with Crippen molar-refractivity contribution in [3.63, 3.8) is 0 Å². The summed E-state index contributed by atoms with van der Waals surface area (Å²) in [4.78, 5) is -0.374. The van der Waals surface area contributed by atoms with E-state index in [0.29, 0.717) is 12.2 Å². The van der Waals surface area contributed by atoms with E-state index in [4.69, 9.17) is 11.6 Å². The second-order valence-electron chi connectivity index (χ2n) is 4.69. The van der Waals surface area contributed by atoms with Gasteiger partial charge < -0.3 is 0 Å². The zero-order chi connectivity index (χ0) is 15.0. The Labute approximate surface area is 125 Å². The van der Waals surface area contributed by atoms with Gasteiger partial charge in [0.2, 0.25) is 10.0 Å². The van der Waals surface area contributed by atoms with Crippen molar-refractivity contribution in [2.75, 3.05) is 13.1 Å². The zero-order valence-electron chi connectivity index (χ0n) is 10.7. The van der Waals surface area contributed by atoms with Gasteiger partial charge in [-0.1, -0.05) is 16.8 Å². The predicted molar refractivity (Wildman–Crippen MR) is 71.7 cm³/mol. The SMILES string of the molecule is O=S(=O)(c1ccc(Cl)cc1F)N1CCC(c2nn[nH]n2)C1. The molecule has 1 aromatic heterocycles. The fourth-order valence-electron chi connectivity index (χ4n) is 2.32. The lowest BCUT2D eigenvalue weighted by molar-refractivity contribution is 0.464. The molecule has 0 aliphatic carbocycles. The third-order valence-electron chi connectivity index (χ3n) is 3.39. The maximum atomic E-state index is 13.8. The molecule has 1 fully saturated rings. The Kier molecular flexibility index (Phi) is 3.64. The van der Waals surface area contributed by atoms with Crippen LogP contribution in [0.1, 0.15) is 18.2 Å². The summed E-state index contributed by atoms with van der Waals surface area (Å²) in [6, 6.07) is 3.51. The van der Waals surface area contributed by atoms with Crippen molar-refractivity contribution in [2.24, 2.45) is 0 Å². The molecule has 1 atom stereocenters. The lowest BCUT2D eigenvalue weighted by Gasteiger charge is -2.16. The van der Waals surface area contributed by atoms with E-state index >= 15 is 0 Å². The number of sulfonamides is 1. The molecule has 1 aromatic carbocycles. The number of halogens is 2. The van der Waals surface area contributed by atoms with Gasteiger partial charge in [-0.2, -0.15) is 9.52 Å². The number of benzene rings is 1. The summed E-state index contributed by atoms with van der Waals surface area (Å²) in [5.41, 5.74) is 0. The average Bonchev–Trinajstić information content (AvgIpc) is 3.09. The standard InChI is InChI=1S/C11H11ClFN5O2S/c12-8-1-2-10(9(13)5-8)21(19,20)18-4-3-7(6-18)11-14-16-17-15-11/h1-2,5,7H,3-4,6H2,(H,14,15,16,17). The number of tetrazole rings is 1. The first-order valence-corrected chi connectivity index (χ1v) is 7.99. The average molecular weight is 332 g/mol. The third kappa shape index (κ3) is 2.63. The Hall–Kier alpha value is -1.58. The maximum Gasteiger partial charge on any atom is 0.246 e. The summed E-state index contributed by atoms with van der Waals surface area (Å²) in [5.74, 6) is -0.538. The molecule has 21 heavy (non-hydrogen) atoms. The third-order valence-corrected chi connectivity index (χ3v) is 5.52. The van der Waals surface area contributed by atoms with E-state index in [-0.39, 0.29) is 28.9 Å². The number of nitrogens with zero attached hydrogens (tertiary/aromatic N) is 4. The van der Waals surface area contributed by atoms with E-state index in [0.717, 1.165) is 6.07 Å². The highest BCUT2D eigenvalue weighted by Gasteiger charge is 2.36. The largest absolute Gasteiger partial charge is 0.246 e. The Morgan fingerprint density at radius 3 is 2.90 bits per heavy atom. The first-order valence-electron chi connectivity index (χ1n) is 6.17. The van der Waals surface area contributed by atoms with E-state index in [9.17, 15) is 12.8 Å². The van der Waals surface area contributed by atoms with Gasteiger partial charge in [0.25, 0.3) is 0 Å². The summed E-state index contributed by atoms with van der Waals surface area (Å²) in [6.45, 7) is 0.480. The van der Waals surface area contributed by atoms with E-state index in [2.05, 4.69) is 20.6 Å². The highest BCUT2D eigenvalue weighted by molar-refractivity contribution is 7.89. The van der Waals surface area contributed by atoms with Crippen LogP contribution in [-0.4, -0.2) is 46.4 Å². The molecular formula is C11H11ClFN5O2S. The van der Waals surface area contributed by atoms with Gasteiger partial charge >= 0.3 is 0 Å². The summed E-state index contributed by atoms with van der Waals surface area (Å²) in [7, 11) is -3.90. The zero-order valence-corrected chi connectivity index (χ0v) is 12.3. The number of aromatic nitrogens is 4. The van der Waals surface area contributed by atoms with Gasteiger partial charge in [0, 0.05) is 24.0 Å². The van der Waals surface area contributed by atoms with Crippen LogP contribution in [0.25, 0.3) is 0 Å².